The number of fused-ring (bicyclic) bond motifs is 1. The van der Waals surface area contributed by atoms with E-state index in [1.165, 1.54) is 0 Å². The smallest absolute Gasteiger partial charge is 0.247 e. The molecule has 148 valence electrons. The van der Waals surface area contributed by atoms with Gasteiger partial charge in [-0.1, -0.05) is 17.9 Å². The molecule has 2 atom stereocenters. The summed E-state index contributed by atoms with van der Waals surface area (Å²) in [4.78, 5) is 16.7. The van der Waals surface area contributed by atoms with Crippen LogP contribution in [0.25, 0.3) is 0 Å². The first kappa shape index (κ1) is 19.0. The highest BCUT2D eigenvalue weighted by Crippen LogP contribution is 2.36. The van der Waals surface area contributed by atoms with Crippen molar-refractivity contribution in [2.24, 2.45) is 0 Å². The summed E-state index contributed by atoms with van der Waals surface area (Å²) in [5, 5.41) is -0.748. The molecule has 0 bridgehead atoms. The average molecular weight is 400 g/mol. The van der Waals surface area contributed by atoms with Crippen LogP contribution in [-0.2, 0) is 21.4 Å². The summed E-state index contributed by atoms with van der Waals surface area (Å²) >= 11 is 0. The van der Waals surface area contributed by atoms with E-state index < -0.39 is 15.3 Å². The van der Waals surface area contributed by atoms with E-state index in [1.54, 1.807) is 18.0 Å². The highest BCUT2D eigenvalue weighted by Gasteiger charge is 2.39. The first-order valence-corrected chi connectivity index (χ1v) is 11.2. The fraction of sp³-hybridized carbons (Fsp3) is 0.476. The number of allylic oxidation sites excluding steroid dienone is 2. The van der Waals surface area contributed by atoms with Gasteiger partial charge in [0.25, 0.3) is 0 Å². The van der Waals surface area contributed by atoms with Crippen LogP contribution in [0.15, 0.2) is 29.8 Å². The number of nitrogens with zero attached hydrogens (tertiary/aromatic N) is 2. The highest BCUT2D eigenvalue weighted by atomic mass is 32.2. The molecule has 0 spiro atoms. The first-order chi connectivity index (χ1) is 13.3. The maximum absolute atomic E-state index is 12.7. The van der Waals surface area contributed by atoms with Crippen LogP contribution in [0.5, 0.6) is 0 Å². The lowest BCUT2D eigenvalue weighted by Crippen LogP contribution is -2.44. The molecule has 1 aromatic carbocycles. The molecule has 0 aromatic heterocycles. The zero-order valence-electron chi connectivity index (χ0n) is 16.4. The van der Waals surface area contributed by atoms with E-state index in [1.807, 2.05) is 32.1 Å². The second-order valence-corrected chi connectivity index (χ2v) is 9.71. The maximum Gasteiger partial charge on any atom is 0.247 e. The van der Waals surface area contributed by atoms with Gasteiger partial charge in [-0.25, -0.2) is 8.42 Å². The number of carbonyl (C=O) groups is 1. The van der Waals surface area contributed by atoms with E-state index in [4.69, 9.17) is 0 Å². The number of likely N-dealkylation sites (N-methyl/N-ethyl adjacent to an activating group) is 1. The minimum atomic E-state index is -3.61. The molecule has 28 heavy (non-hydrogen) atoms. The summed E-state index contributed by atoms with van der Waals surface area (Å²) in [6, 6.07) is 5.64. The van der Waals surface area contributed by atoms with Crippen molar-refractivity contribution in [1.82, 2.24) is 4.90 Å². The second-order valence-electron chi connectivity index (χ2n) is 7.85. The normalized spacial score (nSPS) is 25.3. The molecule has 1 fully saturated rings. The van der Waals surface area contributed by atoms with Crippen LogP contribution in [0.3, 0.4) is 0 Å². The number of nitrogens with one attached hydrogen (secondary N) is 1. The Hall–Kier alpha value is -2.30. The fourth-order valence-corrected chi connectivity index (χ4v) is 5.02. The second kappa shape index (κ2) is 6.94. The van der Waals surface area contributed by atoms with E-state index >= 15 is 0 Å². The fourth-order valence-electron chi connectivity index (χ4n) is 3.86. The molecular weight excluding hydrogens is 374 g/mol. The molecule has 2 unspecified atom stereocenters. The molecule has 7 heteroatoms. The predicted octanol–water partition coefficient (Wildman–Crippen LogP) is 2.48. The summed E-state index contributed by atoms with van der Waals surface area (Å²) < 4.78 is 28.2. The molecule has 0 radical (unpaired) electrons. The molecule has 2 aliphatic carbocycles. The molecule has 6 nitrogen and oxygen atoms in total. The van der Waals surface area contributed by atoms with E-state index in [0.29, 0.717) is 24.7 Å². The first-order valence-electron chi connectivity index (χ1n) is 9.62. The Balaban J connectivity index is 1.62. The number of hydrogen-bond donors (Lipinski definition) is 1. The standard InChI is InChI=1S/C21H25N3O3S/c1-14-4-9-19(10-5-14)28(26,27)22-17-6-11-20-16(12-17)13-24(18-7-8-18)15(2)21(25)23(20)3/h4,6,11-12,15,18-19,22H,7-9,13H2,1-3H3. The van der Waals surface area contributed by atoms with Gasteiger partial charge in [0.05, 0.1) is 6.04 Å². The van der Waals surface area contributed by atoms with Crippen molar-refractivity contribution < 1.29 is 13.2 Å². The lowest BCUT2D eigenvalue weighted by molar-refractivity contribution is -0.123. The SMILES string of the molecule is CC1=CCC(S(=O)(=O)Nc2ccc3c(c2)CN(C2CC2)C(C)C(=O)N3C)C#C1. The van der Waals surface area contributed by atoms with Gasteiger partial charge in [0.2, 0.25) is 15.9 Å². The topological polar surface area (TPSA) is 69.7 Å². The Morgan fingerprint density at radius 1 is 1.25 bits per heavy atom. The van der Waals surface area contributed by atoms with Gasteiger partial charge in [0.1, 0.15) is 5.25 Å². The van der Waals surface area contributed by atoms with Crippen LogP contribution in [0.1, 0.15) is 38.7 Å². The van der Waals surface area contributed by atoms with Crippen molar-refractivity contribution in [2.45, 2.75) is 57.0 Å². The summed E-state index contributed by atoms with van der Waals surface area (Å²) in [7, 11) is -1.83. The van der Waals surface area contributed by atoms with Crippen molar-refractivity contribution in [3.8, 4) is 11.8 Å². The molecule has 1 saturated carbocycles. The highest BCUT2D eigenvalue weighted by molar-refractivity contribution is 7.93. The van der Waals surface area contributed by atoms with Gasteiger partial charge in [-0.15, -0.1) is 0 Å². The third-order valence-corrected chi connectivity index (χ3v) is 7.28. The number of sulfonamides is 1. The van der Waals surface area contributed by atoms with Crippen LogP contribution in [0.2, 0.25) is 0 Å². The van der Waals surface area contributed by atoms with E-state index in [9.17, 15) is 13.2 Å². The van der Waals surface area contributed by atoms with E-state index in [0.717, 1.165) is 29.7 Å². The number of anilines is 2. The molecule has 3 aliphatic rings. The van der Waals surface area contributed by atoms with Crippen LogP contribution in [-0.4, -0.2) is 43.6 Å². The lowest BCUT2D eigenvalue weighted by atomic mass is 10.1. The Morgan fingerprint density at radius 3 is 2.64 bits per heavy atom. The third kappa shape index (κ3) is 3.54. The average Bonchev–Trinajstić information content (AvgIpc) is 3.49. The van der Waals surface area contributed by atoms with E-state index in [-0.39, 0.29) is 11.9 Å². The largest absolute Gasteiger partial charge is 0.314 e. The Labute approximate surface area is 166 Å². The number of carbonyl (C=O) groups excluding carboxylic acids is 1. The quantitative estimate of drug-likeness (QED) is 0.790. The molecule has 1 N–H and O–H groups in total. The van der Waals surface area contributed by atoms with Crippen molar-refractivity contribution in [1.29, 1.82) is 0 Å². The maximum atomic E-state index is 12.7. The molecule has 4 rings (SSSR count). The zero-order valence-corrected chi connectivity index (χ0v) is 17.2. The molecule has 1 aromatic rings. The van der Waals surface area contributed by atoms with Crippen LogP contribution < -0.4 is 9.62 Å². The van der Waals surface area contributed by atoms with Crippen molar-refractivity contribution in [3.63, 3.8) is 0 Å². The molecule has 0 saturated heterocycles. The molecule has 1 heterocycles. The van der Waals surface area contributed by atoms with Gasteiger partial charge >= 0.3 is 0 Å². The van der Waals surface area contributed by atoms with Crippen LogP contribution in [0, 0.1) is 11.8 Å². The van der Waals surface area contributed by atoms with Gasteiger partial charge in [-0.3, -0.25) is 14.4 Å². The van der Waals surface area contributed by atoms with Gasteiger partial charge in [0, 0.05) is 31.0 Å². The van der Waals surface area contributed by atoms with Crippen molar-refractivity contribution in [3.05, 3.63) is 35.4 Å². The lowest BCUT2D eigenvalue weighted by Gasteiger charge is -2.26. The molecule has 1 amide bonds. The minimum absolute atomic E-state index is 0.0682. The van der Waals surface area contributed by atoms with Crippen molar-refractivity contribution in [2.75, 3.05) is 16.7 Å². The molecule has 1 aliphatic heterocycles. The summed E-state index contributed by atoms with van der Waals surface area (Å²) in [6.07, 6.45) is 4.46. The number of benzene rings is 1. The van der Waals surface area contributed by atoms with Gasteiger partial charge in [0.15, 0.2) is 0 Å². The Bertz CT molecular complexity index is 1020. The number of hydrogen-bond acceptors (Lipinski definition) is 4. The summed E-state index contributed by atoms with van der Waals surface area (Å²) in [5.74, 6) is 5.75. The van der Waals surface area contributed by atoms with Crippen LogP contribution in [0.4, 0.5) is 11.4 Å². The number of amides is 1. The van der Waals surface area contributed by atoms with Crippen molar-refractivity contribution >= 4 is 27.3 Å². The van der Waals surface area contributed by atoms with Crippen LogP contribution >= 0.6 is 0 Å². The summed E-state index contributed by atoms with van der Waals surface area (Å²) in [6.45, 7) is 4.46. The Kier molecular flexibility index (Phi) is 4.72. The monoisotopic (exact) mass is 399 g/mol. The molecular formula is C21H25N3O3S. The van der Waals surface area contributed by atoms with Gasteiger partial charge in [-0.05, 0) is 62.4 Å². The predicted molar refractivity (Wildman–Crippen MR) is 110 cm³/mol. The minimum Gasteiger partial charge on any atom is -0.314 e. The van der Waals surface area contributed by atoms with Gasteiger partial charge in [-0.2, -0.15) is 0 Å². The Morgan fingerprint density at radius 2 is 2.00 bits per heavy atom. The summed E-state index contributed by atoms with van der Waals surface area (Å²) in [5.41, 5.74) is 3.20. The van der Waals surface area contributed by atoms with E-state index in [2.05, 4.69) is 21.5 Å². The van der Waals surface area contributed by atoms with Gasteiger partial charge < -0.3 is 4.90 Å². The zero-order chi connectivity index (χ0) is 20.1. The third-order valence-electron chi connectivity index (χ3n) is 5.70. The number of rotatable bonds is 4.